The van der Waals surface area contributed by atoms with E-state index in [1.54, 1.807) is 0 Å². The van der Waals surface area contributed by atoms with E-state index in [1.165, 1.54) is 218 Å². The van der Waals surface area contributed by atoms with Crippen LogP contribution in [0.5, 0.6) is 0 Å². The number of rotatable bonds is 65. The van der Waals surface area contributed by atoms with Crippen molar-refractivity contribution in [3.63, 3.8) is 0 Å². The molecule has 82 heavy (non-hydrogen) atoms. The average molecular weight is 1140 g/mol. The SMILES string of the molecule is CC/C=C\C/C=C\C/C=C\C/C=C\C/C=C\C/C=C\CCCCCCCCCCCCCCC(=O)OCC(COC(=O)CCCCCCC/C=C\CCCCCC)OC(=O)CCCCCCCCCCCCCCCCCCCCCC. The van der Waals surface area contributed by atoms with Crippen LogP contribution in [0, 0.1) is 0 Å². The Morgan fingerprint density at radius 3 is 0.768 bits per heavy atom. The Bertz CT molecular complexity index is 1550. The monoisotopic (exact) mass is 1140 g/mol. The molecule has 0 aliphatic carbocycles. The highest BCUT2D eigenvalue weighted by atomic mass is 16.6. The maximum absolute atomic E-state index is 12.9. The average Bonchev–Trinajstić information content (AvgIpc) is 3.47. The minimum Gasteiger partial charge on any atom is -0.462 e. The molecule has 0 fully saturated rings. The Morgan fingerprint density at radius 1 is 0.256 bits per heavy atom. The second kappa shape index (κ2) is 70.1. The molecule has 0 spiro atoms. The number of carbonyl (C=O) groups excluding carboxylic acids is 3. The van der Waals surface area contributed by atoms with Crippen LogP contribution in [0.15, 0.2) is 85.1 Å². The predicted molar refractivity (Wildman–Crippen MR) is 358 cm³/mol. The molecule has 0 aromatic carbocycles. The van der Waals surface area contributed by atoms with Gasteiger partial charge in [0.25, 0.3) is 0 Å². The summed E-state index contributed by atoms with van der Waals surface area (Å²) >= 11 is 0. The first-order chi connectivity index (χ1) is 40.5. The summed E-state index contributed by atoms with van der Waals surface area (Å²) in [6.07, 6.45) is 93.2. The molecule has 0 N–H and O–H groups in total. The Morgan fingerprint density at radius 2 is 0.476 bits per heavy atom. The van der Waals surface area contributed by atoms with Gasteiger partial charge in [0.2, 0.25) is 0 Å². The Balaban J connectivity index is 4.23. The fourth-order valence-electron chi connectivity index (χ4n) is 10.3. The van der Waals surface area contributed by atoms with Gasteiger partial charge >= 0.3 is 17.9 Å². The first-order valence-electron chi connectivity index (χ1n) is 35.6. The highest BCUT2D eigenvalue weighted by Gasteiger charge is 2.19. The summed E-state index contributed by atoms with van der Waals surface area (Å²) in [6, 6.07) is 0. The maximum Gasteiger partial charge on any atom is 0.306 e. The fraction of sp³-hybridized carbons (Fsp3) is 0.776. The van der Waals surface area contributed by atoms with Gasteiger partial charge in [0.1, 0.15) is 13.2 Å². The highest BCUT2D eigenvalue weighted by molar-refractivity contribution is 5.71. The number of hydrogen-bond donors (Lipinski definition) is 0. The van der Waals surface area contributed by atoms with Crippen LogP contribution in [0.2, 0.25) is 0 Å². The lowest BCUT2D eigenvalue weighted by Crippen LogP contribution is -2.30. The number of hydrogen-bond acceptors (Lipinski definition) is 6. The van der Waals surface area contributed by atoms with Crippen LogP contribution in [-0.2, 0) is 28.6 Å². The standard InChI is InChI=1S/C76H134O6/c1-4-7-10-13-16-19-22-25-27-29-31-33-34-35-36-37-38-39-40-41-42-43-45-46-48-51-54-57-60-63-66-69-75(78)81-72-73(71-80-74(77)68-65-62-59-56-53-50-24-21-18-15-12-9-6-3)82-76(79)70-67-64-61-58-55-52-49-47-44-32-30-28-26-23-20-17-14-11-8-5-2/h7,10,16,19,21,24-25,27,31,33,35-36,38-39,73H,4-6,8-9,11-15,17-18,20,22-23,26,28-30,32,34,37,40-72H2,1-3H3/b10-7-,19-16-,24-21-,27-25-,33-31-,36-35-,39-38-. The molecule has 474 valence electrons. The summed E-state index contributed by atoms with van der Waals surface area (Å²) in [5.74, 6) is -0.865. The van der Waals surface area contributed by atoms with Crippen molar-refractivity contribution in [1.29, 1.82) is 0 Å². The first-order valence-corrected chi connectivity index (χ1v) is 35.6. The maximum atomic E-state index is 12.9. The first kappa shape index (κ1) is 78.6. The van der Waals surface area contributed by atoms with Crippen molar-refractivity contribution < 1.29 is 28.6 Å². The van der Waals surface area contributed by atoms with Crippen molar-refractivity contribution in [1.82, 2.24) is 0 Å². The Kier molecular flexibility index (Phi) is 67.2. The largest absolute Gasteiger partial charge is 0.462 e. The van der Waals surface area contributed by atoms with Gasteiger partial charge in [-0.3, -0.25) is 14.4 Å². The molecule has 6 heteroatoms. The molecule has 0 heterocycles. The van der Waals surface area contributed by atoms with E-state index in [9.17, 15) is 14.4 Å². The summed E-state index contributed by atoms with van der Waals surface area (Å²) in [6.45, 7) is 6.56. The van der Waals surface area contributed by atoms with Gasteiger partial charge in [-0.05, 0) is 96.3 Å². The van der Waals surface area contributed by atoms with Crippen molar-refractivity contribution in [3.05, 3.63) is 85.1 Å². The zero-order chi connectivity index (χ0) is 59.2. The summed E-state index contributed by atoms with van der Waals surface area (Å²) in [4.78, 5) is 38.4. The summed E-state index contributed by atoms with van der Waals surface area (Å²) in [5, 5.41) is 0. The zero-order valence-corrected chi connectivity index (χ0v) is 54.5. The molecule has 0 aliphatic heterocycles. The molecule has 0 amide bonds. The zero-order valence-electron chi connectivity index (χ0n) is 54.5. The van der Waals surface area contributed by atoms with Gasteiger partial charge in [0.05, 0.1) is 0 Å². The number of carbonyl (C=O) groups is 3. The van der Waals surface area contributed by atoms with E-state index in [0.29, 0.717) is 19.3 Å². The summed E-state index contributed by atoms with van der Waals surface area (Å²) in [7, 11) is 0. The van der Waals surface area contributed by atoms with Crippen LogP contribution in [0.3, 0.4) is 0 Å². The van der Waals surface area contributed by atoms with E-state index in [4.69, 9.17) is 14.2 Å². The lowest BCUT2D eigenvalue weighted by Gasteiger charge is -2.18. The third kappa shape index (κ3) is 67.4. The van der Waals surface area contributed by atoms with Crippen LogP contribution in [0.25, 0.3) is 0 Å². The van der Waals surface area contributed by atoms with E-state index in [2.05, 4.69) is 106 Å². The Labute approximate surface area is 509 Å². The normalized spacial score (nSPS) is 12.6. The molecule has 0 aromatic rings. The van der Waals surface area contributed by atoms with Gasteiger partial charge in [-0.25, -0.2) is 0 Å². The van der Waals surface area contributed by atoms with E-state index >= 15 is 0 Å². The molecule has 0 bridgehead atoms. The second-order valence-electron chi connectivity index (χ2n) is 23.8. The lowest BCUT2D eigenvalue weighted by molar-refractivity contribution is -0.167. The van der Waals surface area contributed by atoms with Crippen LogP contribution < -0.4 is 0 Å². The molecule has 0 aliphatic rings. The second-order valence-corrected chi connectivity index (χ2v) is 23.8. The highest BCUT2D eigenvalue weighted by Crippen LogP contribution is 2.18. The van der Waals surface area contributed by atoms with E-state index < -0.39 is 6.10 Å². The molecule has 0 rings (SSSR count). The molecule has 1 atom stereocenters. The molecule has 1 unspecified atom stereocenters. The van der Waals surface area contributed by atoms with Gasteiger partial charge in [0.15, 0.2) is 6.10 Å². The van der Waals surface area contributed by atoms with Crippen molar-refractivity contribution in [2.75, 3.05) is 13.2 Å². The summed E-state index contributed by atoms with van der Waals surface area (Å²) in [5.41, 5.74) is 0. The third-order valence-electron chi connectivity index (χ3n) is 15.6. The van der Waals surface area contributed by atoms with E-state index in [1.807, 2.05) is 0 Å². The number of ether oxygens (including phenoxy) is 3. The number of allylic oxidation sites excluding steroid dienone is 14. The van der Waals surface area contributed by atoms with E-state index in [-0.39, 0.29) is 31.1 Å². The fourth-order valence-corrected chi connectivity index (χ4v) is 10.3. The van der Waals surface area contributed by atoms with Crippen molar-refractivity contribution in [2.45, 2.75) is 367 Å². The van der Waals surface area contributed by atoms with Crippen molar-refractivity contribution >= 4 is 17.9 Å². The molecule has 0 saturated heterocycles. The summed E-state index contributed by atoms with van der Waals surface area (Å²) < 4.78 is 17.0. The Hall–Kier alpha value is -3.41. The number of unbranched alkanes of at least 4 members (excludes halogenated alkanes) is 40. The van der Waals surface area contributed by atoms with Crippen LogP contribution in [0.1, 0.15) is 361 Å². The van der Waals surface area contributed by atoms with Gasteiger partial charge in [0, 0.05) is 19.3 Å². The van der Waals surface area contributed by atoms with Crippen molar-refractivity contribution in [2.24, 2.45) is 0 Å². The van der Waals surface area contributed by atoms with Gasteiger partial charge in [-0.1, -0.05) is 331 Å². The van der Waals surface area contributed by atoms with Crippen LogP contribution in [-0.4, -0.2) is 37.2 Å². The van der Waals surface area contributed by atoms with Crippen LogP contribution in [0.4, 0.5) is 0 Å². The quantitative estimate of drug-likeness (QED) is 0.0261. The van der Waals surface area contributed by atoms with Gasteiger partial charge in [-0.2, -0.15) is 0 Å². The predicted octanol–water partition coefficient (Wildman–Crippen LogP) is 24.6. The smallest absolute Gasteiger partial charge is 0.306 e. The molecule has 6 nitrogen and oxygen atoms in total. The molecule has 0 saturated carbocycles. The van der Waals surface area contributed by atoms with Gasteiger partial charge in [-0.15, -0.1) is 0 Å². The minimum atomic E-state index is -0.779. The molecule has 0 aromatic heterocycles. The van der Waals surface area contributed by atoms with Crippen molar-refractivity contribution in [3.8, 4) is 0 Å². The topological polar surface area (TPSA) is 78.9 Å². The minimum absolute atomic E-state index is 0.0756. The third-order valence-corrected chi connectivity index (χ3v) is 15.6. The van der Waals surface area contributed by atoms with E-state index in [0.717, 1.165) is 103 Å². The lowest BCUT2D eigenvalue weighted by atomic mass is 10.0. The molecule has 0 radical (unpaired) electrons. The molecular formula is C76H134O6. The number of esters is 3. The van der Waals surface area contributed by atoms with Crippen LogP contribution >= 0.6 is 0 Å². The molecular weight excluding hydrogens is 1010 g/mol. The van der Waals surface area contributed by atoms with Gasteiger partial charge < -0.3 is 14.2 Å².